The third-order valence-electron chi connectivity index (χ3n) is 3.50. The number of amides is 1. The lowest BCUT2D eigenvalue weighted by Gasteiger charge is -2.22. The molecule has 1 aliphatic heterocycles. The maximum absolute atomic E-state index is 11.8. The van der Waals surface area contributed by atoms with Gasteiger partial charge in [0.1, 0.15) is 5.69 Å². The molecule has 1 amide bonds. The zero-order valence-electron chi connectivity index (χ0n) is 11.3. The molecule has 0 spiro atoms. The van der Waals surface area contributed by atoms with Crippen molar-refractivity contribution in [3.8, 4) is 0 Å². The van der Waals surface area contributed by atoms with E-state index in [1.165, 1.54) is 12.3 Å². The summed E-state index contributed by atoms with van der Waals surface area (Å²) in [6.45, 7) is 2.07. The van der Waals surface area contributed by atoms with Crippen LogP contribution in [-0.2, 0) is 4.79 Å². The van der Waals surface area contributed by atoms with Crippen molar-refractivity contribution in [3.63, 3.8) is 0 Å². The average Bonchev–Trinajstić information content (AvgIpc) is 2.47. The summed E-state index contributed by atoms with van der Waals surface area (Å²) in [6.07, 6.45) is 5.01. The lowest BCUT2D eigenvalue weighted by atomic mass is 9.93. The monoisotopic (exact) mass is 277 g/mol. The number of pyridine rings is 1. The molecule has 0 atom stereocenters. The minimum Gasteiger partial charge on any atom is -0.477 e. The second-order valence-electron chi connectivity index (χ2n) is 5.02. The molecule has 0 aromatic carbocycles. The van der Waals surface area contributed by atoms with E-state index < -0.39 is 5.97 Å². The van der Waals surface area contributed by atoms with Gasteiger partial charge in [-0.05, 0) is 50.4 Å². The van der Waals surface area contributed by atoms with Crippen LogP contribution in [0.5, 0.6) is 0 Å². The normalized spacial score (nSPS) is 15.8. The Kier molecular flexibility index (Phi) is 5.06. The fourth-order valence-corrected chi connectivity index (χ4v) is 2.32. The molecule has 1 fully saturated rings. The molecule has 20 heavy (non-hydrogen) atoms. The molecule has 108 valence electrons. The Hall–Kier alpha value is -1.95. The van der Waals surface area contributed by atoms with Gasteiger partial charge in [-0.15, -0.1) is 0 Å². The number of carboxylic acid groups (broad SMARTS) is 1. The Bertz CT molecular complexity index is 467. The van der Waals surface area contributed by atoms with Crippen molar-refractivity contribution < 1.29 is 14.7 Å². The van der Waals surface area contributed by atoms with Gasteiger partial charge < -0.3 is 15.7 Å². The van der Waals surface area contributed by atoms with E-state index in [1.807, 2.05) is 0 Å². The van der Waals surface area contributed by atoms with Crippen molar-refractivity contribution in [2.75, 3.05) is 18.4 Å². The van der Waals surface area contributed by atoms with Crippen molar-refractivity contribution >= 4 is 17.6 Å². The van der Waals surface area contributed by atoms with Crippen LogP contribution in [0.4, 0.5) is 5.69 Å². The standard InChI is InChI=1S/C14H19N3O3/c18-13(4-1-10-5-7-15-8-6-10)17-11-2-3-12(14(19)20)16-9-11/h2-3,9-10,15H,1,4-8H2,(H,17,18)(H,19,20). The van der Waals surface area contributed by atoms with Crippen LogP contribution in [0.1, 0.15) is 36.2 Å². The predicted molar refractivity (Wildman–Crippen MR) is 74.7 cm³/mol. The highest BCUT2D eigenvalue weighted by molar-refractivity contribution is 5.91. The molecule has 2 heterocycles. The van der Waals surface area contributed by atoms with Crippen LogP contribution in [0, 0.1) is 5.92 Å². The van der Waals surface area contributed by atoms with Crippen molar-refractivity contribution in [2.24, 2.45) is 5.92 Å². The molecule has 0 saturated carbocycles. The van der Waals surface area contributed by atoms with Crippen molar-refractivity contribution in [1.29, 1.82) is 0 Å². The van der Waals surface area contributed by atoms with Crippen LogP contribution in [-0.4, -0.2) is 35.1 Å². The highest BCUT2D eigenvalue weighted by atomic mass is 16.4. The molecule has 6 nitrogen and oxygen atoms in total. The summed E-state index contributed by atoms with van der Waals surface area (Å²) in [5.74, 6) is -0.503. The average molecular weight is 277 g/mol. The van der Waals surface area contributed by atoms with Crippen molar-refractivity contribution in [1.82, 2.24) is 10.3 Å². The van der Waals surface area contributed by atoms with Crippen LogP contribution in [0.2, 0.25) is 0 Å². The third kappa shape index (κ3) is 4.31. The van der Waals surface area contributed by atoms with E-state index in [0.717, 1.165) is 32.4 Å². The van der Waals surface area contributed by atoms with E-state index in [9.17, 15) is 9.59 Å². The van der Waals surface area contributed by atoms with Gasteiger partial charge in [-0.3, -0.25) is 4.79 Å². The molecular formula is C14H19N3O3. The van der Waals surface area contributed by atoms with Crippen LogP contribution >= 0.6 is 0 Å². The second-order valence-corrected chi connectivity index (χ2v) is 5.02. The Morgan fingerprint density at radius 1 is 1.35 bits per heavy atom. The van der Waals surface area contributed by atoms with E-state index >= 15 is 0 Å². The van der Waals surface area contributed by atoms with E-state index in [4.69, 9.17) is 5.11 Å². The molecule has 0 unspecified atom stereocenters. The number of anilines is 1. The van der Waals surface area contributed by atoms with E-state index in [-0.39, 0.29) is 11.6 Å². The Balaban J connectivity index is 1.77. The van der Waals surface area contributed by atoms with Crippen molar-refractivity contribution in [2.45, 2.75) is 25.7 Å². The molecule has 1 aliphatic rings. The van der Waals surface area contributed by atoms with E-state index in [2.05, 4.69) is 15.6 Å². The Morgan fingerprint density at radius 3 is 2.70 bits per heavy atom. The SMILES string of the molecule is O=C(CCC1CCNCC1)Nc1ccc(C(=O)O)nc1. The predicted octanol–water partition coefficient (Wildman–Crippen LogP) is 1.50. The quantitative estimate of drug-likeness (QED) is 0.758. The Labute approximate surface area is 117 Å². The number of carbonyl (C=O) groups is 2. The largest absolute Gasteiger partial charge is 0.477 e. The molecule has 1 aromatic heterocycles. The summed E-state index contributed by atoms with van der Waals surface area (Å²) >= 11 is 0. The minimum atomic E-state index is -1.08. The zero-order valence-corrected chi connectivity index (χ0v) is 11.3. The molecule has 0 radical (unpaired) electrons. The highest BCUT2D eigenvalue weighted by Gasteiger charge is 2.14. The number of piperidine rings is 1. The topological polar surface area (TPSA) is 91.3 Å². The zero-order chi connectivity index (χ0) is 14.4. The molecule has 1 saturated heterocycles. The summed E-state index contributed by atoms with van der Waals surface area (Å²) in [7, 11) is 0. The maximum atomic E-state index is 11.8. The number of nitrogens with zero attached hydrogens (tertiary/aromatic N) is 1. The molecule has 0 aliphatic carbocycles. The number of nitrogens with one attached hydrogen (secondary N) is 2. The number of rotatable bonds is 5. The molecule has 0 bridgehead atoms. The summed E-state index contributed by atoms with van der Waals surface area (Å²) < 4.78 is 0. The van der Waals surface area contributed by atoms with Gasteiger partial charge in [0, 0.05) is 6.42 Å². The lowest BCUT2D eigenvalue weighted by molar-refractivity contribution is -0.116. The first-order valence-corrected chi connectivity index (χ1v) is 6.85. The van der Waals surface area contributed by atoms with Gasteiger partial charge in [0.25, 0.3) is 0 Å². The maximum Gasteiger partial charge on any atom is 0.354 e. The Morgan fingerprint density at radius 2 is 2.10 bits per heavy atom. The van der Waals surface area contributed by atoms with E-state index in [1.54, 1.807) is 6.07 Å². The van der Waals surface area contributed by atoms with Gasteiger partial charge in [0.2, 0.25) is 5.91 Å². The van der Waals surface area contributed by atoms with Crippen LogP contribution < -0.4 is 10.6 Å². The van der Waals surface area contributed by atoms with Crippen LogP contribution in [0.3, 0.4) is 0 Å². The summed E-state index contributed by atoms with van der Waals surface area (Å²) in [5, 5.41) is 14.8. The molecule has 6 heteroatoms. The number of carbonyl (C=O) groups excluding carboxylic acids is 1. The number of aromatic nitrogens is 1. The smallest absolute Gasteiger partial charge is 0.354 e. The van der Waals surface area contributed by atoms with Crippen LogP contribution in [0.15, 0.2) is 18.3 Å². The molecule has 3 N–H and O–H groups in total. The first-order chi connectivity index (χ1) is 9.65. The molecule has 2 rings (SSSR count). The van der Waals surface area contributed by atoms with Gasteiger partial charge in [-0.1, -0.05) is 0 Å². The minimum absolute atomic E-state index is 0.0299. The summed E-state index contributed by atoms with van der Waals surface area (Å²) in [6, 6.07) is 2.93. The number of hydrogen-bond donors (Lipinski definition) is 3. The van der Waals surface area contributed by atoms with Gasteiger partial charge in [0.15, 0.2) is 0 Å². The summed E-state index contributed by atoms with van der Waals surface area (Å²) in [5.41, 5.74) is 0.503. The fourth-order valence-electron chi connectivity index (χ4n) is 2.32. The first-order valence-electron chi connectivity index (χ1n) is 6.85. The summed E-state index contributed by atoms with van der Waals surface area (Å²) in [4.78, 5) is 26.2. The fraction of sp³-hybridized carbons (Fsp3) is 0.500. The lowest BCUT2D eigenvalue weighted by Crippen LogP contribution is -2.28. The number of carboxylic acids is 1. The van der Waals surface area contributed by atoms with Crippen LogP contribution in [0.25, 0.3) is 0 Å². The third-order valence-corrected chi connectivity index (χ3v) is 3.50. The van der Waals surface area contributed by atoms with Crippen molar-refractivity contribution in [3.05, 3.63) is 24.0 Å². The van der Waals surface area contributed by atoms with Gasteiger partial charge in [0.05, 0.1) is 11.9 Å². The number of aromatic carboxylic acids is 1. The van der Waals surface area contributed by atoms with E-state index in [0.29, 0.717) is 18.0 Å². The first kappa shape index (κ1) is 14.5. The number of hydrogen-bond acceptors (Lipinski definition) is 4. The second kappa shape index (κ2) is 7.00. The van der Waals surface area contributed by atoms with Gasteiger partial charge >= 0.3 is 5.97 Å². The molecule has 1 aromatic rings. The highest BCUT2D eigenvalue weighted by Crippen LogP contribution is 2.18. The molecular weight excluding hydrogens is 258 g/mol. The van der Waals surface area contributed by atoms with Gasteiger partial charge in [-0.25, -0.2) is 9.78 Å². The van der Waals surface area contributed by atoms with Gasteiger partial charge in [-0.2, -0.15) is 0 Å².